The number of hydrogen-bond acceptors (Lipinski definition) is 7. The smallest absolute Gasteiger partial charge is 0.251 e. The van der Waals surface area contributed by atoms with Crippen molar-refractivity contribution in [2.45, 2.75) is 32.4 Å². The van der Waals surface area contributed by atoms with Gasteiger partial charge in [-0.2, -0.15) is 5.10 Å². The van der Waals surface area contributed by atoms with Crippen LogP contribution in [0.4, 0.5) is 10.2 Å². The monoisotopic (exact) mass is 529 g/mol. The van der Waals surface area contributed by atoms with Gasteiger partial charge < -0.3 is 20.1 Å². The first-order valence-electron chi connectivity index (χ1n) is 12.9. The second-order valence-corrected chi connectivity index (χ2v) is 9.69. The molecule has 1 aliphatic heterocycles. The van der Waals surface area contributed by atoms with Crippen molar-refractivity contribution in [3.05, 3.63) is 71.9 Å². The molecule has 0 saturated carbocycles. The standard InChI is InChI=1S/C28H28FN7O3/c1-3-39-19-11-21(26-22-13-31-33-27(22)34-36(26)14-19)17-5-7-25(30-12-17)35-9-8-23(24(37)15-35)32-28(38)20-10-18(29)6-4-16(20)2/h4-7,10-14,23-24,37H,3,8-9,15H2,1-2H3,(H,32,38)(H,33,34)/t23-,24-/m0/s1. The molecule has 6 rings (SSSR count). The van der Waals surface area contributed by atoms with Gasteiger partial charge in [-0.25, -0.2) is 13.9 Å². The van der Waals surface area contributed by atoms with Crippen molar-refractivity contribution in [1.29, 1.82) is 0 Å². The number of piperidine rings is 1. The molecule has 0 bridgehead atoms. The molecule has 0 unspecified atom stereocenters. The number of aryl methyl sites for hydroxylation is 1. The van der Waals surface area contributed by atoms with Gasteiger partial charge in [0.25, 0.3) is 5.91 Å². The van der Waals surface area contributed by atoms with Crippen molar-refractivity contribution in [2.75, 3.05) is 24.6 Å². The maximum atomic E-state index is 13.6. The number of hydrogen-bond donors (Lipinski definition) is 3. The number of pyridine rings is 2. The number of aliphatic hydroxyl groups is 1. The summed E-state index contributed by atoms with van der Waals surface area (Å²) >= 11 is 0. The highest BCUT2D eigenvalue weighted by Gasteiger charge is 2.30. The Hall–Kier alpha value is -4.51. The molecule has 5 aromatic rings. The van der Waals surface area contributed by atoms with E-state index in [1.54, 1.807) is 29.9 Å². The number of rotatable bonds is 6. The van der Waals surface area contributed by atoms with Gasteiger partial charge >= 0.3 is 0 Å². The third-order valence-electron chi connectivity index (χ3n) is 7.14. The Balaban J connectivity index is 1.20. The zero-order chi connectivity index (χ0) is 27.1. The van der Waals surface area contributed by atoms with Gasteiger partial charge in [-0.15, -0.1) is 5.10 Å². The zero-order valence-corrected chi connectivity index (χ0v) is 21.6. The Morgan fingerprint density at radius 3 is 2.90 bits per heavy atom. The fraction of sp³-hybridized carbons (Fsp3) is 0.286. The molecule has 39 heavy (non-hydrogen) atoms. The van der Waals surface area contributed by atoms with Gasteiger partial charge in [0.15, 0.2) is 5.65 Å². The molecule has 11 heteroatoms. The van der Waals surface area contributed by atoms with Crippen LogP contribution >= 0.6 is 0 Å². The SMILES string of the molecule is CCOc1cc(-c2ccc(N3CC[C@H](NC(=O)c4cc(F)ccc4C)[C@@H](O)C3)nc2)c2c3cn[nH]c3nn2c1. The quantitative estimate of drug-likeness (QED) is 0.308. The summed E-state index contributed by atoms with van der Waals surface area (Å²) in [6, 6.07) is 9.55. The number of halogens is 1. The fourth-order valence-corrected chi connectivity index (χ4v) is 5.13. The van der Waals surface area contributed by atoms with Gasteiger partial charge in [0.2, 0.25) is 0 Å². The Bertz CT molecular complexity index is 1660. The van der Waals surface area contributed by atoms with Crippen molar-refractivity contribution in [1.82, 2.24) is 30.1 Å². The molecule has 3 N–H and O–H groups in total. The predicted molar refractivity (Wildman–Crippen MR) is 144 cm³/mol. The summed E-state index contributed by atoms with van der Waals surface area (Å²) in [6.45, 7) is 5.12. The summed E-state index contributed by atoms with van der Waals surface area (Å²) in [6.07, 6.45) is 5.12. The van der Waals surface area contributed by atoms with E-state index in [9.17, 15) is 14.3 Å². The lowest BCUT2D eigenvalue weighted by molar-refractivity contribution is 0.0796. The van der Waals surface area contributed by atoms with Crippen LogP contribution in [0.25, 0.3) is 27.7 Å². The number of carbonyl (C=O) groups is 1. The number of nitrogens with one attached hydrogen (secondary N) is 2. The number of carbonyl (C=O) groups excluding carboxylic acids is 1. The van der Waals surface area contributed by atoms with Crippen molar-refractivity contribution in [2.24, 2.45) is 0 Å². The van der Waals surface area contributed by atoms with Crippen LogP contribution < -0.4 is 15.0 Å². The highest BCUT2D eigenvalue weighted by Crippen LogP contribution is 2.33. The van der Waals surface area contributed by atoms with E-state index in [4.69, 9.17) is 9.72 Å². The van der Waals surface area contributed by atoms with Crippen LogP contribution in [0.1, 0.15) is 29.3 Å². The minimum atomic E-state index is -0.804. The van der Waals surface area contributed by atoms with Crippen molar-refractivity contribution < 1.29 is 19.0 Å². The Kier molecular flexibility index (Phi) is 6.35. The predicted octanol–water partition coefficient (Wildman–Crippen LogP) is 3.49. The molecule has 1 aliphatic rings. The van der Waals surface area contributed by atoms with Crippen LogP contribution in [0, 0.1) is 12.7 Å². The van der Waals surface area contributed by atoms with Gasteiger partial charge in [-0.05, 0) is 56.2 Å². The lowest BCUT2D eigenvalue weighted by Gasteiger charge is -2.37. The first-order chi connectivity index (χ1) is 18.9. The first-order valence-corrected chi connectivity index (χ1v) is 12.9. The summed E-state index contributed by atoms with van der Waals surface area (Å²) in [5.41, 5.74) is 4.34. The fourth-order valence-electron chi connectivity index (χ4n) is 5.13. The molecule has 0 spiro atoms. The van der Waals surface area contributed by atoms with E-state index in [2.05, 4.69) is 20.6 Å². The molecule has 1 fully saturated rings. The lowest BCUT2D eigenvalue weighted by Crippen LogP contribution is -2.54. The molecule has 1 amide bonds. The molecule has 5 heterocycles. The lowest BCUT2D eigenvalue weighted by atomic mass is 10.00. The van der Waals surface area contributed by atoms with Gasteiger partial charge in [0.05, 0.1) is 42.0 Å². The molecule has 0 radical (unpaired) electrons. The van der Waals surface area contributed by atoms with Gasteiger partial charge in [-0.1, -0.05) is 6.07 Å². The number of fused-ring (bicyclic) bond motifs is 3. The van der Waals surface area contributed by atoms with Crippen molar-refractivity contribution in [3.63, 3.8) is 0 Å². The third-order valence-corrected chi connectivity index (χ3v) is 7.14. The first kappa shape index (κ1) is 24.8. The molecule has 200 valence electrons. The average Bonchev–Trinajstić information content (AvgIpc) is 3.52. The summed E-state index contributed by atoms with van der Waals surface area (Å²) < 4.78 is 21.2. The number of aromatic amines is 1. The molecule has 4 aromatic heterocycles. The van der Waals surface area contributed by atoms with Gasteiger partial charge in [0, 0.05) is 36.0 Å². The molecular formula is C28H28FN7O3. The maximum Gasteiger partial charge on any atom is 0.251 e. The number of benzene rings is 1. The van der Waals surface area contributed by atoms with Crippen LogP contribution in [0.3, 0.4) is 0 Å². The topological polar surface area (TPSA) is 121 Å². The molecular weight excluding hydrogens is 501 g/mol. The highest BCUT2D eigenvalue weighted by atomic mass is 19.1. The average molecular weight is 530 g/mol. The highest BCUT2D eigenvalue weighted by molar-refractivity contribution is 6.01. The van der Waals surface area contributed by atoms with Crippen molar-refractivity contribution >= 4 is 28.3 Å². The van der Waals surface area contributed by atoms with Crippen LogP contribution in [-0.4, -0.2) is 67.7 Å². The molecule has 10 nitrogen and oxygen atoms in total. The molecule has 1 saturated heterocycles. The van der Waals surface area contributed by atoms with E-state index in [1.807, 2.05) is 36.2 Å². The second kappa shape index (κ2) is 9.99. The van der Waals surface area contributed by atoms with E-state index in [-0.39, 0.29) is 11.5 Å². The minimum Gasteiger partial charge on any atom is -0.492 e. The minimum absolute atomic E-state index is 0.273. The number of ether oxygens (including phenoxy) is 1. The summed E-state index contributed by atoms with van der Waals surface area (Å²) in [4.78, 5) is 19.4. The second-order valence-electron chi connectivity index (χ2n) is 9.69. The number of β-amino-alcohol motifs (C(OH)–C–C–N with tert-alkyl or cyclic N) is 1. The summed E-state index contributed by atoms with van der Waals surface area (Å²) in [7, 11) is 0. The van der Waals surface area contributed by atoms with Crippen LogP contribution in [-0.2, 0) is 0 Å². The number of aliphatic hydroxyl groups excluding tert-OH is 1. The van der Waals surface area contributed by atoms with Crippen molar-refractivity contribution in [3.8, 4) is 16.9 Å². The van der Waals surface area contributed by atoms with Crippen LogP contribution in [0.5, 0.6) is 5.75 Å². The summed E-state index contributed by atoms with van der Waals surface area (Å²) in [5.74, 6) is 0.563. The molecule has 1 aromatic carbocycles. The van der Waals surface area contributed by atoms with Crippen LogP contribution in [0.2, 0.25) is 0 Å². The Morgan fingerprint density at radius 1 is 1.26 bits per heavy atom. The largest absolute Gasteiger partial charge is 0.492 e. The van der Waals surface area contributed by atoms with Crippen LogP contribution in [0.15, 0.2) is 55.0 Å². The van der Waals surface area contributed by atoms with E-state index in [0.29, 0.717) is 43.1 Å². The molecule has 2 atom stereocenters. The van der Waals surface area contributed by atoms with Gasteiger partial charge in [-0.3, -0.25) is 9.89 Å². The summed E-state index contributed by atoms with van der Waals surface area (Å²) in [5, 5.41) is 26.2. The zero-order valence-electron chi connectivity index (χ0n) is 21.6. The van der Waals surface area contributed by atoms with E-state index in [0.717, 1.165) is 27.8 Å². The molecule has 0 aliphatic carbocycles. The normalized spacial score (nSPS) is 17.6. The number of nitrogens with zero attached hydrogens (tertiary/aromatic N) is 5. The number of amides is 1. The number of H-pyrrole nitrogens is 1. The van der Waals surface area contributed by atoms with E-state index in [1.165, 1.54) is 12.1 Å². The number of aromatic nitrogens is 5. The van der Waals surface area contributed by atoms with Gasteiger partial charge in [0.1, 0.15) is 17.4 Å². The van der Waals surface area contributed by atoms with E-state index >= 15 is 0 Å². The Labute approximate surface area is 223 Å². The maximum absolute atomic E-state index is 13.6. The number of anilines is 1. The van der Waals surface area contributed by atoms with E-state index < -0.39 is 18.0 Å². The third kappa shape index (κ3) is 4.65. The Morgan fingerprint density at radius 2 is 2.13 bits per heavy atom.